The number of carbonyl (C=O) groups is 1. The van der Waals surface area contributed by atoms with Gasteiger partial charge in [-0.25, -0.2) is 0 Å². The molecule has 0 radical (unpaired) electrons. The molecule has 0 aromatic carbocycles. The normalized spacial score (nSPS) is 24.1. The van der Waals surface area contributed by atoms with Gasteiger partial charge in [-0.1, -0.05) is 33.1 Å². The third kappa shape index (κ3) is 3.34. The summed E-state index contributed by atoms with van der Waals surface area (Å²) < 4.78 is 0. The van der Waals surface area contributed by atoms with Gasteiger partial charge < -0.3 is 15.5 Å². The lowest BCUT2D eigenvalue weighted by Crippen LogP contribution is -2.58. The van der Waals surface area contributed by atoms with Crippen molar-refractivity contribution in [3.63, 3.8) is 0 Å². The molecule has 2 N–H and O–H groups in total. The molecule has 1 heterocycles. The Bertz CT molecular complexity index is 314. The Kier molecular flexibility index (Phi) is 5.44. The number of hydrogen-bond donors (Lipinski definition) is 1. The van der Waals surface area contributed by atoms with Gasteiger partial charge in [0.05, 0.1) is 5.54 Å². The zero-order valence-electron chi connectivity index (χ0n) is 13.2. The molecule has 2 rings (SSSR count). The molecule has 0 spiro atoms. The van der Waals surface area contributed by atoms with Gasteiger partial charge in [0.15, 0.2) is 0 Å². The van der Waals surface area contributed by atoms with Crippen molar-refractivity contribution in [1.29, 1.82) is 0 Å². The molecule has 1 aliphatic carbocycles. The van der Waals surface area contributed by atoms with Crippen LogP contribution in [0.3, 0.4) is 0 Å². The Balaban J connectivity index is 1.88. The molecule has 2 fully saturated rings. The van der Waals surface area contributed by atoms with E-state index in [0.717, 1.165) is 64.7 Å². The summed E-state index contributed by atoms with van der Waals surface area (Å²) in [5.41, 5.74) is 5.82. The van der Waals surface area contributed by atoms with Crippen molar-refractivity contribution in [3.8, 4) is 0 Å². The summed E-state index contributed by atoms with van der Waals surface area (Å²) in [7, 11) is 0. The number of amides is 1. The molecule has 1 amide bonds. The van der Waals surface area contributed by atoms with Crippen molar-refractivity contribution >= 4 is 5.91 Å². The van der Waals surface area contributed by atoms with E-state index in [9.17, 15) is 4.79 Å². The van der Waals surface area contributed by atoms with Crippen LogP contribution in [0.5, 0.6) is 0 Å². The van der Waals surface area contributed by atoms with E-state index >= 15 is 0 Å². The van der Waals surface area contributed by atoms with Gasteiger partial charge in [0.25, 0.3) is 0 Å². The van der Waals surface area contributed by atoms with E-state index in [1.165, 1.54) is 6.42 Å². The summed E-state index contributed by atoms with van der Waals surface area (Å²) in [6.07, 6.45) is 7.41. The Morgan fingerprint density at radius 2 is 1.70 bits per heavy atom. The molecule has 1 saturated carbocycles. The number of carbonyl (C=O) groups excluding carboxylic acids is 1. The van der Waals surface area contributed by atoms with Crippen LogP contribution in [0.15, 0.2) is 0 Å². The second-order valence-electron chi connectivity index (χ2n) is 6.46. The van der Waals surface area contributed by atoms with E-state index in [-0.39, 0.29) is 5.91 Å². The number of hydrogen-bond acceptors (Lipinski definition) is 3. The number of nitrogens with two attached hydrogens (primary N) is 1. The fraction of sp³-hybridized carbons (Fsp3) is 0.938. The molecule has 1 aliphatic heterocycles. The van der Waals surface area contributed by atoms with E-state index in [2.05, 4.69) is 18.7 Å². The smallest absolute Gasteiger partial charge is 0.242 e. The average molecular weight is 281 g/mol. The second-order valence-corrected chi connectivity index (χ2v) is 6.46. The first kappa shape index (κ1) is 15.8. The van der Waals surface area contributed by atoms with Crippen LogP contribution in [0.1, 0.15) is 58.8 Å². The van der Waals surface area contributed by atoms with Crippen LogP contribution in [0, 0.1) is 0 Å². The summed E-state index contributed by atoms with van der Waals surface area (Å²) in [6, 6.07) is 0.647. The lowest BCUT2D eigenvalue weighted by Gasteiger charge is -2.42. The molecule has 4 nitrogen and oxygen atoms in total. The number of nitrogens with zero attached hydrogens (tertiary/aromatic N) is 2. The first-order chi connectivity index (χ1) is 9.60. The van der Waals surface area contributed by atoms with Gasteiger partial charge in [-0.2, -0.15) is 0 Å². The van der Waals surface area contributed by atoms with Gasteiger partial charge in [-0.15, -0.1) is 0 Å². The van der Waals surface area contributed by atoms with Gasteiger partial charge in [0.1, 0.15) is 0 Å². The number of rotatable bonds is 4. The Morgan fingerprint density at radius 3 is 2.20 bits per heavy atom. The van der Waals surface area contributed by atoms with Gasteiger partial charge in [-0.3, -0.25) is 4.79 Å². The zero-order valence-corrected chi connectivity index (χ0v) is 13.2. The van der Waals surface area contributed by atoms with Crippen LogP contribution < -0.4 is 5.73 Å². The van der Waals surface area contributed by atoms with Gasteiger partial charge in [0.2, 0.25) is 5.91 Å². The van der Waals surface area contributed by atoms with Crippen LogP contribution in [0.25, 0.3) is 0 Å². The summed E-state index contributed by atoms with van der Waals surface area (Å²) in [5.74, 6) is 0.218. The van der Waals surface area contributed by atoms with E-state index in [1.807, 2.05) is 4.90 Å². The first-order valence-corrected chi connectivity index (χ1v) is 8.43. The molecular weight excluding hydrogens is 250 g/mol. The summed E-state index contributed by atoms with van der Waals surface area (Å²) in [4.78, 5) is 17.2. The largest absolute Gasteiger partial charge is 0.341 e. The zero-order chi connectivity index (χ0) is 14.6. The summed E-state index contributed by atoms with van der Waals surface area (Å²) in [6.45, 7) is 8.43. The molecule has 2 aliphatic rings. The second kappa shape index (κ2) is 6.90. The van der Waals surface area contributed by atoms with Crippen LogP contribution in [0.2, 0.25) is 0 Å². The molecule has 20 heavy (non-hydrogen) atoms. The van der Waals surface area contributed by atoms with Gasteiger partial charge in [0, 0.05) is 19.1 Å². The Labute approximate surface area is 123 Å². The highest BCUT2D eigenvalue weighted by Gasteiger charge is 2.39. The van der Waals surface area contributed by atoms with E-state index < -0.39 is 5.54 Å². The fourth-order valence-electron chi connectivity index (χ4n) is 3.89. The number of likely N-dealkylation sites (tertiary alicyclic amines) is 1. The molecule has 0 atom stereocenters. The molecule has 0 bridgehead atoms. The minimum atomic E-state index is -0.555. The predicted octanol–water partition coefficient (Wildman–Crippen LogP) is 1.98. The minimum Gasteiger partial charge on any atom is -0.341 e. The Hall–Kier alpha value is -0.610. The van der Waals surface area contributed by atoms with Crippen molar-refractivity contribution < 1.29 is 4.79 Å². The standard InChI is InChI=1S/C16H31N3O/c1-3-18(4-2)14-8-12-19(13-9-14)15(20)16(17)10-6-5-7-11-16/h14H,3-13,17H2,1-2H3. The predicted molar refractivity (Wildman–Crippen MR) is 82.5 cm³/mol. The summed E-state index contributed by atoms with van der Waals surface area (Å²) in [5, 5.41) is 0. The highest BCUT2D eigenvalue weighted by Crippen LogP contribution is 2.29. The quantitative estimate of drug-likeness (QED) is 0.857. The molecule has 1 saturated heterocycles. The van der Waals surface area contributed by atoms with Crippen molar-refractivity contribution in [3.05, 3.63) is 0 Å². The van der Waals surface area contributed by atoms with Crippen LogP contribution >= 0.6 is 0 Å². The van der Waals surface area contributed by atoms with E-state index in [0.29, 0.717) is 6.04 Å². The molecular formula is C16H31N3O. The average Bonchev–Trinajstić information content (AvgIpc) is 2.49. The lowest BCUT2D eigenvalue weighted by molar-refractivity contribution is -0.139. The SMILES string of the molecule is CCN(CC)C1CCN(C(=O)C2(N)CCCCC2)CC1. The van der Waals surface area contributed by atoms with Gasteiger partial charge >= 0.3 is 0 Å². The van der Waals surface area contributed by atoms with Gasteiger partial charge in [-0.05, 0) is 38.8 Å². The number of piperidine rings is 1. The maximum absolute atomic E-state index is 12.7. The summed E-state index contributed by atoms with van der Waals surface area (Å²) >= 11 is 0. The van der Waals surface area contributed by atoms with Crippen LogP contribution in [-0.2, 0) is 4.79 Å². The fourth-order valence-corrected chi connectivity index (χ4v) is 3.89. The maximum Gasteiger partial charge on any atom is 0.242 e. The molecule has 0 aromatic heterocycles. The van der Waals surface area contributed by atoms with Crippen molar-refractivity contribution in [1.82, 2.24) is 9.80 Å². The molecule has 0 aromatic rings. The highest BCUT2D eigenvalue weighted by molar-refractivity contribution is 5.86. The Morgan fingerprint density at radius 1 is 1.15 bits per heavy atom. The maximum atomic E-state index is 12.7. The molecule has 4 heteroatoms. The first-order valence-electron chi connectivity index (χ1n) is 8.43. The van der Waals surface area contributed by atoms with E-state index in [4.69, 9.17) is 5.73 Å². The van der Waals surface area contributed by atoms with Crippen molar-refractivity contribution in [2.45, 2.75) is 70.4 Å². The van der Waals surface area contributed by atoms with Crippen molar-refractivity contribution in [2.24, 2.45) is 5.73 Å². The third-order valence-corrected chi connectivity index (χ3v) is 5.25. The van der Waals surface area contributed by atoms with Crippen molar-refractivity contribution in [2.75, 3.05) is 26.2 Å². The van der Waals surface area contributed by atoms with E-state index in [1.54, 1.807) is 0 Å². The molecule has 116 valence electrons. The minimum absolute atomic E-state index is 0.218. The molecule has 0 unspecified atom stereocenters. The van der Waals surface area contributed by atoms with Crippen LogP contribution in [-0.4, -0.2) is 53.5 Å². The third-order valence-electron chi connectivity index (χ3n) is 5.25. The highest BCUT2D eigenvalue weighted by atomic mass is 16.2. The lowest BCUT2D eigenvalue weighted by atomic mass is 9.81. The van der Waals surface area contributed by atoms with Crippen LogP contribution in [0.4, 0.5) is 0 Å². The topological polar surface area (TPSA) is 49.6 Å². The monoisotopic (exact) mass is 281 g/mol.